The summed E-state index contributed by atoms with van der Waals surface area (Å²) < 4.78 is 2.32. The molecule has 0 aromatic carbocycles. The van der Waals surface area contributed by atoms with E-state index in [4.69, 9.17) is 0 Å². The molecule has 0 radical (unpaired) electrons. The molecule has 2 heterocycles. The Morgan fingerprint density at radius 2 is 2.38 bits per heavy atom. The summed E-state index contributed by atoms with van der Waals surface area (Å²) in [5.74, 6) is 0.712. The Morgan fingerprint density at radius 3 is 2.92 bits per heavy atom. The minimum Gasteiger partial charge on any atom is -0.329 e. The fourth-order valence-electron chi connectivity index (χ4n) is 1.71. The molecule has 0 atom stereocenters. The molecule has 72 valence electrons. The molecule has 1 aromatic heterocycles. The van der Waals surface area contributed by atoms with Crippen molar-refractivity contribution in [1.82, 2.24) is 14.9 Å². The molecule has 3 heteroatoms. The van der Waals surface area contributed by atoms with Gasteiger partial charge in [-0.25, -0.2) is 4.98 Å². The molecule has 1 saturated heterocycles. The Kier molecular flexibility index (Phi) is 2.36. The van der Waals surface area contributed by atoms with Crippen LogP contribution in [0.1, 0.15) is 25.6 Å². The van der Waals surface area contributed by atoms with Gasteiger partial charge in [-0.3, -0.25) is 0 Å². The second-order valence-corrected chi connectivity index (χ2v) is 4.20. The van der Waals surface area contributed by atoms with Gasteiger partial charge >= 0.3 is 0 Å². The molecule has 0 bridgehead atoms. The molecular weight excluding hydrogens is 162 g/mol. The van der Waals surface area contributed by atoms with Crippen molar-refractivity contribution in [1.29, 1.82) is 0 Å². The van der Waals surface area contributed by atoms with Gasteiger partial charge in [0, 0.05) is 25.0 Å². The quantitative estimate of drug-likeness (QED) is 0.756. The lowest BCUT2D eigenvalue weighted by Gasteiger charge is -2.30. The average molecular weight is 179 g/mol. The Hall–Kier alpha value is -0.830. The van der Waals surface area contributed by atoms with Crippen molar-refractivity contribution in [2.45, 2.75) is 26.3 Å². The SMILES string of the molecule is CC(C)Cc1cncn1C1CNC1. The van der Waals surface area contributed by atoms with Gasteiger partial charge in [0.15, 0.2) is 0 Å². The third-order valence-electron chi connectivity index (χ3n) is 2.52. The van der Waals surface area contributed by atoms with Gasteiger partial charge in [-0.05, 0) is 12.3 Å². The number of imidazole rings is 1. The van der Waals surface area contributed by atoms with Crippen molar-refractivity contribution in [3.63, 3.8) is 0 Å². The molecule has 1 aromatic rings. The molecule has 1 aliphatic rings. The topological polar surface area (TPSA) is 29.9 Å². The minimum atomic E-state index is 0.649. The van der Waals surface area contributed by atoms with Gasteiger partial charge in [-0.2, -0.15) is 0 Å². The monoisotopic (exact) mass is 179 g/mol. The summed E-state index contributed by atoms with van der Waals surface area (Å²) in [6.07, 6.45) is 5.10. The highest BCUT2D eigenvalue weighted by atomic mass is 15.2. The fraction of sp³-hybridized carbons (Fsp3) is 0.700. The minimum absolute atomic E-state index is 0.649. The first-order valence-corrected chi connectivity index (χ1v) is 4.99. The molecule has 1 fully saturated rings. The molecule has 0 saturated carbocycles. The standard InChI is InChI=1S/C10H17N3/c1-8(2)3-9-4-12-7-13(9)10-5-11-6-10/h4,7-8,10-11H,3,5-6H2,1-2H3. The number of rotatable bonds is 3. The zero-order valence-electron chi connectivity index (χ0n) is 8.33. The average Bonchev–Trinajstić information content (AvgIpc) is 2.32. The van der Waals surface area contributed by atoms with Gasteiger partial charge in [-0.1, -0.05) is 13.8 Å². The summed E-state index contributed by atoms with van der Waals surface area (Å²) in [6, 6.07) is 0.649. The van der Waals surface area contributed by atoms with E-state index in [-0.39, 0.29) is 0 Å². The van der Waals surface area contributed by atoms with E-state index in [1.807, 2.05) is 12.5 Å². The van der Waals surface area contributed by atoms with Crippen LogP contribution in [0.2, 0.25) is 0 Å². The number of aromatic nitrogens is 2. The summed E-state index contributed by atoms with van der Waals surface area (Å²) in [4.78, 5) is 4.21. The number of hydrogen-bond acceptors (Lipinski definition) is 2. The van der Waals surface area contributed by atoms with Gasteiger partial charge in [-0.15, -0.1) is 0 Å². The second kappa shape index (κ2) is 3.50. The van der Waals surface area contributed by atoms with Crippen LogP contribution in [0.4, 0.5) is 0 Å². The lowest BCUT2D eigenvalue weighted by atomic mass is 10.1. The lowest BCUT2D eigenvalue weighted by Crippen LogP contribution is -2.43. The first-order chi connectivity index (χ1) is 6.27. The fourth-order valence-corrected chi connectivity index (χ4v) is 1.71. The van der Waals surface area contributed by atoms with Crippen LogP contribution in [0.25, 0.3) is 0 Å². The van der Waals surface area contributed by atoms with Crippen molar-refractivity contribution in [2.24, 2.45) is 5.92 Å². The summed E-state index contributed by atoms with van der Waals surface area (Å²) in [5, 5.41) is 3.28. The highest BCUT2D eigenvalue weighted by molar-refractivity contribution is 5.03. The molecule has 0 unspecified atom stereocenters. The van der Waals surface area contributed by atoms with Crippen LogP contribution in [0.5, 0.6) is 0 Å². The van der Waals surface area contributed by atoms with Crippen LogP contribution < -0.4 is 5.32 Å². The number of nitrogens with one attached hydrogen (secondary N) is 1. The number of nitrogens with zero attached hydrogens (tertiary/aromatic N) is 2. The molecular formula is C10H17N3. The van der Waals surface area contributed by atoms with E-state index in [0.29, 0.717) is 12.0 Å². The van der Waals surface area contributed by atoms with Gasteiger partial charge in [0.2, 0.25) is 0 Å². The summed E-state index contributed by atoms with van der Waals surface area (Å²) in [5.41, 5.74) is 1.38. The molecule has 0 aliphatic carbocycles. The van der Waals surface area contributed by atoms with Crippen LogP contribution in [0, 0.1) is 5.92 Å². The van der Waals surface area contributed by atoms with E-state index in [2.05, 4.69) is 28.7 Å². The zero-order valence-corrected chi connectivity index (χ0v) is 8.33. The van der Waals surface area contributed by atoms with Gasteiger partial charge in [0.1, 0.15) is 0 Å². The lowest BCUT2D eigenvalue weighted by molar-refractivity contribution is 0.333. The van der Waals surface area contributed by atoms with Crippen molar-refractivity contribution < 1.29 is 0 Å². The maximum atomic E-state index is 4.21. The van der Waals surface area contributed by atoms with Crippen LogP contribution >= 0.6 is 0 Å². The van der Waals surface area contributed by atoms with E-state index in [1.165, 1.54) is 5.69 Å². The second-order valence-electron chi connectivity index (χ2n) is 4.20. The van der Waals surface area contributed by atoms with Crippen molar-refractivity contribution in [2.75, 3.05) is 13.1 Å². The van der Waals surface area contributed by atoms with Crippen LogP contribution in [-0.4, -0.2) is 22.6 Å². The summed E-state index contributed by atoms with van der Waals surface area (Å²) >= 11 is 0. The van der Waals surface area contributed by atoms with Crippen LogP contribution in [-0.2, 0) is 6.42 Å². The van der Waals surface area contributed by atoms with Gasteiger partial charge in [0.25, 0.3) is 0 Å². The normalized spacial score (nSPS) is 17.8. The van der Waals surface area contributed by atoms with E-state index in [1.54, 1.807) is 0 Å². The Bertz CT molecular complexity index is 273. The third-order valence-corrected chi connectivity index (χ3v) is 2.52. The molecule has 2 rings (SSSR count). The molecule has 3 nitrogen and oxygen atoms in total. The predicted octanol–water partition coefficient (Wildman–Crippen LogP) is 1.23. The van der Waals surface area contributed by atoms with Crippen LogP contribution in [0.15, 0.2) is 12.5 Å². The smallest absolute Gasteiger partial charge is 0.0951 e. The van der Waals surface area contributed by atoms with E-state index in [9.17, 15) is 0 Å². The van der Waals surface area contributed by atoms with E-state index < -0.39 is 0 Å². The summed E-state index contributed by atoms with van der Waals surface area (Å²) in [6.45, 7) is 6.69. The Labute approximate surface area is 79.2 Å². The highest BCUT2D eigenvalue weighted by Gasteiger charge is 2.20. The first-order valence-electron chi connectivity index (χ1n) is 4.99. The Morgan fingerprint density at radius 1 is 1.62 bits per heavy atom. The van der Waals surface area contributed by atoms with Crippen molar-refractivity contribution in [3.05, 3.63) is 18.2 Å². The maximum absolute atomic E-state index is 4.21. The molecule has 0 amide bonds. The van der Waals surface area contributed by atoms with Crippen molar-refractivity contribution in [3.8, 4) is 0 Å². The largest absolute Gasteiger partial charge is 0.329 e. The van der Waals surface area contributed by atoms with Gasteiger partial charge in [0.05, 0.1) is 12.4 Å². The highest BCUT2D eigenvalue weighted by Crippen LogP contribution is 2.16. The van der Waals surface area contributed by atoms with Gasteiger partial charge < -0.3 is 9.88 Å². The zero-order chi connectivity index (χ0) is 9.26. The third kappa shape index (κ3) is 1.75. The van der Waals surface area contributed by atoms with Crippen molar-refractivity contribution >= 4 is 0 Å². The molecule has 0 spiro atoms. The Balaban J connectivity index is 2.10. The van der Waals surface area contributed by atoms with Crippen LogP contribution in [0.3, 0.4) is 0 Å². The molecule has 1 N–H and O–H groups in total. The van der Waals surface area contributed by atoms with E-state index in [0.717, 1.165) is 19.5 Å². The maximum Gasteiger partial charge on any atom is 0.0951 e. The molecule has 13 heavy (non-hydrogen) atoms. The first kappa shape index (κ1) is 8.75. The number of hydrogen-bond donors (Lipinski definition) is 1. The molecule has 1 aliphatic heterocycles. The predicted molar refractivity (Wildman–Crippen MR) is 52.7 cm³/mol. The van der Waals surface area contributed by atoms with E-state index >= 15 is 0 Å². The summed E-state index contributed by atoms with van der Waals surface area (Å²) in [7, 11) is 0.